The van der Waals surface area contributed by atoms with E-state index in [1.165, 1.54) is 40.4 Å². The number of hydrogen-bond donors (Lipinski definition) is 2. The smallest absolute Gasteiger partial charge is 0.268 e. The molecule has 5 rings (SSSR count). The second-order valence-corrected chi connectivity index (χ2v) is 11.8. The normalized spacial score (nSPS) is 18.8. The molecule has 1 aliphatic carbocycles. The second-order valence-electron chi connectivity index (χ2n) is 10.0. The van der Waals surface area contributed by atoms with Crippen LogP contribution >= 0.6 is 0 Å². The van der Waals surface area contributed by atoms with Gasteiger partial charge in [-0.15, -0.1) is 0 Å². The number of aliphatic hydroxyl groups excluding tert-OH is 1. The summed E-state index contributed by atoms with van der Waals surface area (Å²) in [7, 11) is -3.94. The van der Waals surface area contributed by atoms with Gasteiger partial charge in [0.2, 0.25) is 0 Å². The molecule has 4 aromatic rings. The standard InChI is InChI=1S/C30H31FN2O4S/c1-20(34)25-6-2-3-7-26(25)28-19-33(29-9-5-4-8-27(28)29)38(36,37)24-16-12-22(13-17-24)30(35)32-18-21-10-14-23(31)15-11-21/h4-5,8-17,19-20,25-26,34H,2-3,6-7,18H2,1H3,(H,32,35). The van der Waals surface area contributed by atoms with Gasteiger partial charge >= 0.3 is 0 Å². The highest BCUT2D eigenvalue weighted by Crippen LogP contribution is 2.43. The molecule has 8 heteroatoms. The maximum atomic E-state index is 13.8. The number of benzene rings is 3. The van der Waals surface area contributed by atoms with E-state index in [0.717, 1.165) is 42.2 Å². The van der Waals surface area contributed by atoms with E-state index in [1.54, 1.807) is 24.4 Å². The molecule has 1 aliphatic rings. The molecule has 1 heterocycles. The van der Waals surface area contributed by atoms with E-state index < -0.39 is 16.1 Å². The number of aromatic nitrogens is 1. The molecule has 198 valence electrons. The van der Waals surface area contributed by atoms with Crippen molar-refractivity contribution in [3.8, 4) is 0 Å². The molecule has 3 unspecified atom stereocenters. The fraction of sp³-hybridized carbons (Fsp3) is 0.300. The van der Waals surface area contributed by atoms with Gasteiger partial charge in [0.25, 0.3) is 15.9 Å². The highest BCUT2D eigenvalue weighted by Gasteiger charge is 2.33. The number of aliphatic hydroxyl groups is 1. The van der Waals surface area contributed by atoms with Gasteiger partial charge in [0.1, 0.15) is 5.82 Å². The topological polar surface area (TPSA) is 88.4 Å². The molecule has 0 saturated heterocycles. The second kappa shape index (κ2) is 10.7. The lowest BCUT2D eigenvalue weighted by Crippen LogP contribution is -2.27. The molecule has 38 heavy (non-hydrogen) atoms. The van der Waals surface area contributed by atoms with E-state index in [-0.39, 0.29) is 35.0 Å². The molecule has 1 saturated carbocycles. The van der Waals surface area contributed by atoms with E-state index in [1.807, 2.05) is 25.1 Å². The van der Waals surface area contributed by atoms with Gasteiger partial charge in [-0.25, -0.2) is 16.8 Å². The lowest BCUT2D eigenvalue weighted by atomic mass is 9.73. The molecule has 6 nitrogen and oxygen atoms in total. The van der Waals surface area contributed by atoms with Gasteiger partial charge in [0, 0.05) is 23.7 Å². The van der Waals surface area contributed by atoms with Crippen LogP contribution in [0, 0.1) is 11.7 Å². The van der Waals surface area contributed by atoms with Crippen LogP contribution in [-0.2, 0) is 16.6 Å². The first-order valence-corrected chi connectivity index (χ1v) is 14.4. The third-order valence-electron chi connectivity index (χ3n) is 7.59. The SMILES string of the molecule is CC(O)C1CCCCC1c1cn(S(=O)(=O)c2ccc(C(=O)NCc3ccc(F)cc3)cc2)c2ccccc12. The minimum Gasteiger partial charge on any atom is -0.393 e. The Kier molecular flexibility index (Phi) is 7.36. The molecule has 1 aromatic heterocycles. The number of halogens is 1. The van der Waals surface area contributed by atoms with Crippen LogP contribution in [0.5, 0.6) is 0 Å². The fourth-order valence-electron chi connectivity index (χ4n) is 5.57. The molecule has 0 radical (unpaired) electrons. The molecular formula is C30H31FN2O4S. The summed E-state index contributed by atoms with van der Waals surface area (Å²) in [6, 6.07) is 19.2. The van der Waals surface area contributed by atoms with E-state index in [9.17, 15) is 22.7 Å². The number of para-hydroxylation sites is 1. The summed E-state index contributed by atoms with van der Waals surface area (Å²) in [5.74, 6) is -0.537. The van der Waals surface area contributed by atoms with Crippen LogP contribution in [0.25, 0.3) is 10.9 Å². The number of fused-ring (bicyclic) bond motifs is 1. The predicted octanol–water partition coefficient (Wildman–Crippen LogP) is 5.60. The van der Waals surface area contributed by atoms with Crippen molar-refractivity contribution < 1.29 is 22.7 Å². The summed E-state index contributed by atoms with van der Waals surface area (Å²) in [5.41, 5.74) is 2.63. The van der Waals surface area contributed by atoms with Crippen molar-refractivity contribution in [1.29, 1.82) is 0 Å². The Labute approximate surface area is 222 Å². The Hall–Kier alpha value is -3.49. The lowest BCUT2D eigenvalue weighted by Gasteiger charge is -2.33. The average molecular weight is 535 g/mol. The zero-order valence-electron chi connectivity index (χ0n) is 21.2. The number of carbonyl (C=O) groups is 1. The number of rotatable bonds is 7. The van der Waals surface area contributed by atoms with Crippen molar-refractivity contribution in [2.24, 2.45) is 5.92 Å². The van der Waals surface area contributed by atoms with Crippen molar-refractivity contribution >= 4 is 26.8 Å². The first-order chi connectivity index (χ1) is 18.3. The van der Waals surface area contributed by atoms with E-state index >= 15 is 0 Å². The maximum absolute atomic E-state index is 13.8. The Morgan fingerprint density at radius 3 is 2.42 bits per heavy atom. The van der Waals surface area contributed by atoms with Crippen LogP contribution in [0.2, 0.25) is 0 Å². The lowest BCUT2D eigenvalue weighted by molar-refractivity contribution is 0.0864. The molecule has 0 aliphatic heterocycles. The molecule has 0 spiro atoms. The minimum atomic E-state index is -3.94. The van der Waals surface area contributed by atoms with Crippen LogP contribution in [-0.4, -0.2) is 29.5 Å². The van der Waals surface area contributed by atoms with Gasteiger partial charge < -0.3 is 10.4 Å². The predicted molar refractivity (Wildman–Crippen MR) is 145 cm³/mol. The molecule has 3 atom stereocenters. The number of amides is 1. The van der Waals surface area contributed by atoms with Gasteiger partial charge in [0.15, 0.2) is 0 Å². The minimum absolute atomic E-state index is 0.0793. The van der Waals surface area contributed by atoms with Crippen LogP contribution in [0.15, 0.2) is 83.9 Å². The van der Waals surface area contributed by atoms with Gasteiger partial charge in [-0.1, -0.05) is 43.2 Å². The first kappa shape index (κ1) is 26.1. The Bertz CT molecular complexity index is 1540. The summed E-state index contributed by atoms with van der Waals surface area (Å²) in [6.45, 7) is 2.04. The van der Waals surface area contributed by atoms with Crippen LogP contribution in [0.1, 0.15) is 60.0 Å². The van der Waals surface area contributed by atoms with Gasteiger partial charge in [-0.3, -0.25) is 4.79 Å². The quantitative estimate of drug-likeness (QED) is 0.323. The summed E-state index contributed by atoms with van der Waals surface area (Å²) in [5, 5.41) is 14.1. The highest BCUT2D eigenvalue weighted by atomic mass is 32.2. The van der Waals surface area contributed by atoms with E-state index in [0.29, 0.717) is 11.1 Å². The zero-order chi connectivity index (χ0) is 26.9. The van der Waals surface area contributed by atoms with Crippen LogP contribution in [0.3, 0.4) is 0 Å². The molecule has 2 N–H and O–H groups in total. The first-order valence-electron chi connectivity index (χ1n) is 12.9. The van der Waals surface area contributed by atoms with Gasteiger partial charge in [-0.05, 0) is 85.2 Å². The largest absolute Gasteiger partial charge is 0.393 e. The molecule has 1 amide bonds. The summed E-state index contributed by atoms with van der Waals surface area (Å²) >= 11 is 0. The highest BCUT2D eigenvalue weighted by molar-refractivity contribution is 7.90. The monoisotopic (exact) mass is 534 g/mol. The summed E-state index contributed by atoms with van der Waals surface area (Å²) in [6.07, 6.45) is 5.18. The number of nitrogens with zero attached hydrogens (tertiary/aromatic N) is 1. The van der Waals surface area contributed by atoms with Crippen molar-refractivity contribution in [2.45, 2.75) is 56.1 Å². The van der Waals surface area contributed by atoms with Crippen LogP contribution in [0.4, 0.5) is 4.39 Å². The Balaban J connectivity index is 1.42. The molecule has 1 fully saturated rings. The van der Waals surface area contributed by atoms with Crippen LogP contribution < -0.4 is 5.32 Å². The molecule has 0 bridgehead atoms. The zero-order valence-corrected chi connectivity index (χ0v) is 22.0. The Morgan fingerprint density at radius 1 is 1.03 bits per heavy atom. The number of nitrogens with one attached hydrogen (secondary N) is 1. The third-order valence-corrected chi connectivity index (χ3v) is 9.27. The molecule has 3 aromatic carbocycles. The van der Waals surface area contributed by atoms with Crippen molar-refractivity contribution in [1.82, 2.24) is 9.29 Å². The third kappa shape index (κ3) is 5.11. The van der Waals surface area contributed by atoms with Crippen molar-refractivity contribution in [3.63, 3.8) is 0 Å². The Morgan fingerprint density at radius 2 is 1.71 bits per heavy atom. The summed E-state index contributed by atoms with van der Waals surface area (Å²) < 4.78 is 41.9. The van der Waals surface area contributed by atoms with Crippen molar-refractivity contribution in [3.05, 3.63) is 102 Å². The number of hydrogen-bond acceptors (Lipinski definition) is 4. The van der Waals surface area contributed by atoms with Gasteiger partial charge in [0.05, 0.1) is 16.5 Å². The fourth-order valence-corrected chi connectivity index (χ4v) is 6.95. The summed E-state index contributed by atoms with van der Waals surface area (Å²) in [4.78, 5) is 12.7. The van der Waals surface area contributed by atoms with Gasteiger partial charge in [-0.2, -0.15) is 0 Å². The number of carbonyl (C=O) groups excluding carboxylic acids is 1. The van der Waals surface area contributed by atoms with E-state index in [4.69, 9.17) is 0 Å². The average Bonchev–Trinajstić information content (AvgIpc) is 3.33. The maximum Gasteiger partial charge on any atom is 0.268 e. The van der Waals surface area contributed by atoms with E-state index in [2.05, 4.69) is 5.32 Å². The molecular weight excluding hydrogens is 503 g/mol. The van der Waals surface area contributed by atoms with Crippen molar-refractivity contribution in [2.75, 3.05) is 0 Å².